The second kappa shape index (κ2) is 5.43. The minimum atomic E-state index is -1.61. The van der Waals surface area contributed by atoms with Gasteiger partial charge < -0.3 is 4.74 Å². The Balaban J connectivity index is 2.74. The van der Waals surface area contributed by atoms with Crippen molar-refractivity contribution < 1.29 is 22.8 Å². The molecule has 4 nitrogen and oxygen atoms in total. The number of benzene rings is 2. The normalized spacial score (nSPS) is 10.5. The molecule has 0 amide bonds. The van der Waals surface area contributed by atoms with Gasteiger partial charge in [-0.1, -0.05) is 0 Å². The Kier molecular flexibility index (Phi) is 3.84. The molecule has 0 aromatic heterocycles. The molecule has 21 heavy (non-hydrogen) atoms. The summed E-state index contributed by atoms with van der Waals surface area (Å²) in [5.41, 5.74) is -0.163. The third-order valence-corrected chi connectivity index (χ3v) is 3.10. The summed E-state index contributed by atoms with van der Waals surface area (Å²) in [4.78, 5) is 10.3. The Labute approximate surface area is 117 Å². The van der Waals surface area contributed by atoms with E-state index < -0.39 is 22.4 Å². The van der Waals surface area contributed by atoms with Gasteiger partial charge in [-0.05, 0) is 25.1 Å². The molecule has 0 bridgehead atoms. The zero-order valence-electron chi connectivity index (χ0n) is 11.1. The van der Waals surface area contributed by atoms with Crippen LogP contribution in [0.3, 0.4) is 0 Å². The Hall–Kier alpha value is -2.57. The van der Waals surface area contributed by atoms with Crippen molar-refractivity contribution in [3.63, 3.8) is 0 Å². The van der Waals surface area contributed by atoms with Gasteiger partial charge in [-0.15, -0.1) is 0 Å². The summed E-state index contributed by atoms with van der Waals surface area (Å²) in [5.74, 6) is -4.25. The third kappa shape index (κ3) is 2.42. The predicted octanol–water partition coefficient (Wildman–Crippen LogP) is 4.00. The number of halogens is 3. The van der Waals surface area contributed by atoms with Crippen molar-refractivity contribution in [1.29, 1.82) is 0 Å². The van der Waals surface area contributed by atoms with Crippen LogP contribution in [0.25, 0.3) is 11.1 Å². The van der Waals surface area contributed by atoms with E-state index in [0.29, 0.717) is 0 Å². The van der Waals surface area contributed by atoms with Crippen LogP contribution in [0, 0.1) is 34.5 Å². The Morgan fingerprint density at radius 1 is 1.05 bits per heavy atom. The summed E-state index contributed by atoms with van der Waals surface area (Å²) in [6, 6.07) is 4.23. The van der Waals surface area contributed by atoms with Gasteiger partial charge in [-0.25, -0.2) is 13.2 Å². The first-order valence-corrected chi connectivity index (χ1v) is 5.84. The molecule has 0 saturated carbocycles. The molecule has 0 heterocycles. The molecule has 7 heteroatoms. The van der Waals surface area contributed by atoms with Crippen molar-refractivity contribution in [2.24, 2.45) is 0 Å². The van der Waals surface area contributed by atoms with Gasteiger partial charge in [-0.2, -0.15) is 0 Å². The van der Waals surface area contributed by atoms with Crippen molar-refractivity contribution >= 4 is 5.69 Å². The molecule has 110 valence electrons. The average Bonchev–Trinajstić information content (AvgIpc) is 2.44. The monoisotopic (exact) mass is 297 g/mol. The van der Waals surface area contributed by atoms with E-state index in [9.17, 15) is 23.3 Å². The Morgan fingerprint density at radius 2 is 1.67 bits per heavy atom. The van der Waals surface area contributed by atoms with E-state index in [1.165, 1.54) is 20.1 Å². The van der Waals surface area contributed by atoms with Crippen LogP contribution < -0.4 is 4.74 Å². The van der Waals surface area contributed by atoms with E-state index in [1.54, 1.807) is 0 Å². The fraction of sp³-hybridized carbons (Fsp3) is 0.143. The standard InChI is InChI=1S/C14H10F3NO3/c1-7-11(18(19)20)6-4-9(14(7)21-2)8-3-5-10(15)13(17)12(8)16/h3-6H,1-2H3. The van der Waals surface area contributed by atoms with Gasteiger partial charge in [0.25, 0.3) is 5.69 Å². The summed E-state index contributed by atoms with van der Waals surface area (Å²) in [7, 11) is 1.26. The lowest BCUT2D eigenvalue weighted by Crippen LogP contribution is -2.00. The zero-order chi connectivity index (χ0) is 15.7. The maximum absolute atomic E-state index is 13.9. The van der Waals surface area contributed by atoms with Gasteiger partial charge in [-0.3, -0.25) is 10.1 Å². The lowest BCUT2D eigenvalue weighted by atomic mass is 10.00. The van der Waals surface area contributed by atoms with Gasteiger partial charge in [0.05, 0.1) is 17.6 Å². The highest BCUT2D eigenvalue weighted by Gasteiger charge is 2.22. The molecule has 2 aromatic rings. The summed E-state index contributed by atoms with van der Waals surface area (Å²) >= 11 is 0. The predicted molar refractivity (Wildman–Crippen MR) is 69.7 cm³/mol. The van der Waals surface area contributed by atoms with Crippen LogP contribution in [0.2, 0.25) is 0 Å². The number of hydrogen-bond donors (Lipinski definition) is 0. The van der Waals surface area contributed by atoms with Crippen LogP contribution in [0.1, 0.15) is 5.56 Å². The second-order valence-electron chi connectivity index (χ2n) is 4.27. The highest BCUT2D eigenvalue weighted by atomic mass is 19.2. The number of ether oxygens (including phenoxy) is 1. The van der Waals surface area contributed by atoms with Gasteiger partial charge in [0.15, 0.2) is 17.5 Å². The minimum absolute atomic E-state index is 0.0362. The number of methoxy groups -OCH3 is 1. The summed E-state index contributed by atoms with van der Waals surface area (Å²) in [6.07, 6.45) is 0. The number of nitro benzene ring substituents is 1. The lowest BCUT2D eigenvalue weighted by molar-refractivity contribution is -0.385. The van der Waals surface area contributed by atoms with Gasteiger partial charge in [0.1, 0.15) is 5.75 Å². The molecule has 2 rings (SSSR count). The van der Waals surface area contributed by atoms with Crippen LogP contribution in [0.5, 0.6) is 5.75 Å². The summed E-state index contributed by atoms with van der Waals surface area (Å²) in [6.45, 7) is 1.43. The fourth-order valence-electron chi connectivity index (χ4n) is 2.09. The molecule has 2 aromatic carbocycles. The third-order valence-electron chi connectivity index (χ3n) is 3.10. The maximum Gasteiger partial charge on any atom is 0.276 e. The minimum Gasteiger partial charge on any atom is -0.496 e. The smallest absolute Gasteiger partial charge is 0.276 e. The maximum atomic E-state index is 13.9. The van der Waals surface area contributed by atoms with Crippen molar-refractivity contribution in [3.8, 4) is 16.9 Å². The highest BCUT2D eigenvalue weighted by molar-refractivity contribution is 5.75. The topological polar surface area (TPSA) is 52.4 Å². The van der Waals surface area contributed by atoms with Crippen LogP contribution in [-0.2, 0) is 0 Å². The van der Waals surface area contributed by atoms with Crippen molar-refractivity contribution in [2.45, 2.75) is 6.92 Å². The van der Waals surface area contributed by atoms with Crippen LogP contribution in [0.4, 0.5) is 18.9 Å². The second-order valence-corrected chi connectivity index (χ2v) is 4.27. The van der Waals surface area contributed by atoms with E-state index in [4.69, 9.17) is 4.74 Å². The van der Waals surface area contributed by atoms with E-state index in [0.717, 1.165) is 18.2 Å². The molecule has 0 aliphatic rings. The van der Waals surface area contributed by atoms with Gasteiger partial charge in [0, 0.05) is 17.2 Å². The molecular formula is C14H10F3NO3. The van der Waals surface area contributed by atoms with Crippen LogP contribution in [-0.4, -0.2) is 12.0 Å². The molecule has 0 radical (unpaired) electrons. The quantitative estimate of drug-likeness (QED) is 0.489. The first kappa shape index (κ1) is 14.8. The van der Waals surface area contributed by atoms with E-state index in [-0.39, 0.29) is 28.1 Å². The van der Waals surface area contributed by atoms with Gasteiger partial charge in [0.2, 0.25) is 0 Å². The lowest BCUT2D eigenvalue weighted by Gasteiger charge is -2.12. The fourth-order valence-corrected chi connectivity index (χ4v) is 2.09. The average molecular weight is 297 g/mol. The molecule has 0 aliphatic heterocycles. The Morgan fingerprint density at radius 3 is 2.24 bits per heavy atom. The summed E-state index contributed by atoms with van der Waals surface area (Å²) in [5, 5.41) is 10.9. The van der Waals surface area contributed by atoms with E-state index >= 15 is 0 Å². The van der Waals surface area contributed by atoms with E-state index in [1.807, 2.05) is 0 Å². The Bertz CT molecular complexity index is 732. The van der Waals surface area contributed by atoms with Crippen LogP contribution in [0.15, 0.2) is 24.3 Å². The molecule has 0 atom stereocenters. The molecular weight excluding hydrogens is 287 g/mol. The summed E-state index contributed by atoms with van der Waals surface area (Å²) < 4.78 is 45.2. The molecule has 0 spiro atoms. The van der Waals surface area contributed by atoms with E-state index in [2.05, 4.69) is 0 Å². The first-order chi connectivity index (χ1) is 9.88. The largest absolute Gasteiger partial charge is 0.496 e. The number of rotatable bonds is 3. The van der Waals surface area contributed by atoms with Crippen molar-refractivity contribution in [2.75, 3.05) is 7.11 Å². The molecule has 0 fully saturated rings. The highest BCUT2D eigenvalue weighted by Crippen LogP contribution is 2.39. The van der Waals surface area contributed by atoms with Crippen molar-refractivity contribution in [1.82, 2.24) is 0 Å². The molecule has 0 aliphatic carbocycles. The van der Waals surface area contributed by atoms with Gasteiger partial charge >= 0.3 is 0 Å². The first-order valence-electron chi connectivity index (χ1n) is 5.84. The number of nitrogens with zero attached hydrogens (tertiary/aromatic N) is 1. The number of nitro groups is 1. The van der Waals surface area contributed by atoms with Crippen molar-refractivity contribution in [3.05, 3.63) is 57.4 Å². The molecule has 0 saturated heterocycles. The molecule has 0 N–H and O–H groups in total. The SMILES string of the molecule is COc1c(-c2ccc(F)c(F)c2F)ccc([N+](=O)[O-])c1C. The molecule has 0 unspecified atom stereocenters. The van der Waals surface area contributed by atoms with Crippen LogP contribution >= 0.6 is 0 Å². The number of hydrogen-bond acceptors (Lipinski definition) is 3. The zero-order valence-corrected chi connectivity index (χ0v) is 11.1.